The van der Waals surface area contributed by atoms with E-state index < -0.39 is 0 Å². The Bertz CT molecular complexity index is 718. The number of ether oxygens (including phenoxy) is 2. The van der Waals surface area contributed by atoms with E-state index in [0.29, 0.717) is 23.1 Å². The lowest BCUT2D eigenvalue weighted by atomic mass is 10.0. The number of hydrogen-bond donors (Lipinski definition) is 1. The average Bonchev–Trinajstić information content (AvgIpc) is 2.60. The SMILES string of the molecule is COc1ccc(NC(=O)C=Cc2ccc(C(C)C)cc2)c(OC)c1. The van der Waals surface area contributed by atoms with Crippen molar-refractivity contribution >= 4 is 17.7 Å². The third-order valence-corrected chi connectivity index (χ3v) is 3.70. The largest absolute Gasteiger partial charge is 0.497 e. The van der Waals surface area contributed by atoms with E-state index in [-0.39, 0.29) is 5.91 Å². The number of carbonyl (C=O) groups excluding carboxylic acids is 1. The van der Waals surface area contributed by atoms with Crippen molar-refractivity contribution < 1.29 is 14.3 Å². The van der Waals surface area contributed by atoms with Crippen LogP contribution < -0.4 is 14.8 Å². The number of rotatable bonds is 6. The van der Waals surface area contributed by atoms with Gasteiger partial charge in [0.15, 0.2) is 0 Å². The Morgan fingerprint density at radius 3 is 2.33 bits per heavy atom. The van der Waals surface area contributed by atoms with Gasteiger partial charge in [0.05, 0.1) is 19.9 Å². The summed E-state index contributed by atoms with van der Waals surface area (Å²) in [6, 6.07) is 13.4. The number of carbonyl (C=O) groups is 1. The molecule has 24 heavy (non-hydrogen) atoms. The molecule has 0 atom stereocenters. The molecule has 0 radical (unpaired) electrons. The standard InChI is InChI=1S/C20H23NO3/c1-14(2)16-8-5-15(6-9-16)7-12-20(22)21-18-11-10-17(23-3)13-19(18)24-4/h5-14H,1-4H3,(H,21,22). The van der Waals surface area contributed by atoms with Gasteiger partial charge in [-0.05, 0) is 35.3 Å². The van der Waals surface area contributed by atoms with Crippen molar-refractivity contribution in [2.45, 2.75) is 19.8 Å². The molecule has 2 aromatic rings. The highest BCUT2D eigenvalue weighted by Gasteiger charge is 2.07. The number of amides is 1. The van der Waals surface area contributed by atoms with E-state index in [9.17, 15) is 4.79 Å². The van der Waals surface area contributed by atoms with Gasteiger partial charge in [-0.25, -0.2) is 0 Å². The monoisotopic (exact) mass is 325 g/mol. The Labute approximate surface area is 143 Å². The molecule has 4 heteroatoms. The predicted molar refractivity (Wildman–Crippen MR) is 97.7 cm³/mol. The zero-order valence-corrected chi connectivity index (χ0v) is 14.5. The van der Waals surface area contributed by atoms with Crippen LogP contribution in [0.25, 0.3) is 6.08 Å². The van der Waals surface area contributed by atoms with Crippen LogP contribution in [-0.4, -0.2) is 20.1 Å². The molecule has 2 rings (SSSR count). The van der Waals surface area contributed by atoms with Crippen molar-refractivity contribution in [3.8, 4) is 11.5 Å². The first kappa shape index (κ1) is 17.6. The molecule has 126 valence electrons. The van der Waals surface area contributed by atoms with E-state index in [4.69, 9.17) is 9.47 Å². The van der Waals surface area contributed by atoms with Crippen LogP contribution in [0.1, 0.15) is 30.9 Å². The summed E-state index contributed by atoms with van der Waals surface area (Å²) in [4.78, 5) is 12.1. The molecule has 0 aliphatic rings. The fourth-order valence-corrected chi connectivity index (χ4v) is 2.24. The third-order valence-electron chi connectivity index (χ3n) is 3.70. The molecule has 0 heterocycles. The first-order valence-electron chi connectivity index (χ1n) is 7.84. The minimum atomic E-state index is -0.216. The molecule has 0 aliphatic heterocycles. The van der Waals surface area contributed by atoms with Crippen LogP contribution in [0.2, 0.25) is 0 Å². The van der Waals surface area contributed by atoms with Crippen LogP contribution in [0.4, 0.5) is 5.69 Å². The second kappa shape index (κ2) is 8.20. The van der Waals surface area contributed by atoms with Gasteiger partial charge in [0, 0.05) is 12.1 Å². The molecule has 2 aromatic carbocycles. The van der Waals surface area contributed by atoms with Crippen molar-refractivity contribution in [3.63, 3.8) is 0 Å². The van der Waals surface area contributed by atoms with Gasteiger partial charge in [-0.1, -0.05) is 38.1 Å². The van der Waals surface area contributed by atoms with Gasteiger partial charge >= 0.3 is 0 Å². The molecule has 1 N–H and O–H groups in total. The lowest BCUT2D eigenvalue weighted by Crippen LogP contribution is -2.09. The molecule has 0 fully saturated rings. The molecule has 0 aromatic heterocycles. The second-order valence-corrected chi connectivity index (χ2v) is 5.71. The van der Waals surface area contributed by atoms with Gasteiger partial charge in [-0.2, -0.15) is 0 Å². The highest BCUT2D eigenvalue weighted by molar-refractivity contribution is 6.02. The summed E-state index contributed by atoms with van der Waals surface area (Å²) < 4.78 is 10.4. The summed E-state index contributed by atoms with van der Waals surface area (Å²) in [7, 11) is 3.14. The quantitative estimate of drug-likeness (QED) is 0.797. The van der Waals surface area contributed by atoms with E-state index in [1.165, 1.54) is 11.6 Å². The molecule has 0 spiro atoms. The van der Waals surface area contributed by atoms with Gasteiger partial charge in [0.1, 0.15) is 11.5 Å². The zero-order chi connectivity index (χ0) is 17.5. The topological polar surface area (TPSA) is 47.6 Å². The molecule has 0 aliphatic carbocycles. The lowest BCUT2D eigenvalue weighted by molar-refractivity contribution is -0.111. The van der Waals surface area contributed by atoms with Gasteiger partial charge in [0.25, 0.3) is 0 Å². The Hall–Kier alpha value is -2.75. The van der Waals surface area contributed by atoms with Gasteiger partial charge in [-0.3, -0.25) is 4.79 Å². The van der Waals surface area contributed by atoms with E-state index in [2.05, 4.69) is 31.3 Å². The summed E-state index contributed by atoms with van der Waals surface area (Å²) in [6.07, 6.45) is 3.30. The van der Waals surface area contributed by atoms with Crippen molar-refractivity contribution in [2.75, 3.05) is 19.5 Å². The summed E-state index contributed by atoms with van der Waals surface area (Å²) in [5.74, 6) is 1.50. The molecule has 0 saturated heterocycles. The normalized spacial score (nSPS) is 10.9. The van der Waals surface area contributed by atoms with Gasteiger partial charge in [0.2, 0.25) is 5.91 Å². The zero-order valence-electron chi connectivity index (χ0n) is 14.5. The minimum absolute atomic E-state index is 0.216. The number of benzene rings is 2. The smallest absolute Gasteiger partial charge is 0.248 e. The Morgan fingerprint density at radius 2 is 1.75 bits per heavy atom. The molecular formula is C20H23NO3. The maximum atomic E-state index is 12.1. The fourth-order valence-electron chi connectivity index (χ4n) is 2.24. The molecule has 0 bridgehead atoms. The van der Waals surface area contributed by atoms with Crippen molar-refractivity contribution in [2.24, 2.45) is 0 Å². The molecule has 0 unspecified atom stereocenters. The Balaban J connectivity index is 2.05. The summed E-state index contributed by atoms with van der Waals surface area (Å²) >= 11 is 0. The molecule has 4 nitrogen and oxygen atoms in total. The minimum Gasteiger partial charge on any atom is -0.497 e. The van der Waals surface area contributed by atoms with Gasteiger partial charge < -0.3 is 14.8 Å². The maximum Gasteiger partial charge on any atom is 0.248 e. The highest BCUT2D eigenvalue weighted by Crippen LogP contribution is 2.29. The first-order valence-corrected chi connectivity index (χ1v) is 7.84. The molecule has 0 saturated carbocycles. The first-order chi connectivity index (χ1) is 11.5. The second-order valence-electron chi connectivity index (χ2n) is 5.71. The van der Waals surface area contributed by atoms with Crippen LogP contribution in [0.3, 0.4) is 0 Å². The molecular weight excluding hydrogens is 302 g/mol. The van der Waals surface area contributed by atoms with Crippen molar-refractivity contribution in [1.82, 2.24) is 0 Å². The van der Waals surface area contributed by atoms with Crippen LogP contribution in [0, 0.1) is 0 Å². The van der Waals surface area contributed by atoms with Gasteiger partial charge in [-0.15, -0.1) is 0 Å². The van der Waals surface area contributed by atoms with E-state index in [1.807, 2.05) is 12.1 Å². The number of methoxy groups -OCH3 is 2. The van der Waals surface area contributed by atoms with Crippen LogP contribution >= 0.6 is 0 Å². The summed E-state index contributed by atoms with van der Waals surface area (Å²) in [5.41, 5.74) is 2.86. The van der Waals surface area contributed by atoms with E-state index in [1.54, 1.807) is 38.5 Å². The predicted octanol–water partition coefficient (Wildman–Crippen LogP) is 4.48. The summed E-state index contributed by atoms with van der Waals surface area (Å²) in [6.45, 7) is 4.31. The van der Waals surface area contributed by atoms with Crippen molar-refractivity contribution in [3.05, 3.63) is 59.7 Å². The number of anilines is 1. The van der Waals surface area contributed by atoms with E-state index in [0.717, 1.165) is 5.56 Å². The van der Waals surface area contributed by atoms with Crippen LogP contribution in [-0.2, 0) is 4.79 Å². The average molecular weight is 325 g/mol. The Morgan fingerprint density at radius 1 is 1.04 bits per heavy atom. The maximum absolute atomic E-state index is 12.1. The fraction of sp³-hybridized carbons (Fsp3) is 0.250. The highest BCUT2D eigenvalue weighted by atomic mass is 16.5. The van der Waals surface area contributed by atoms with Crippen LogP contribution in [0.5, 0.6) is 11.5 Å². The Kier molecular flexibility index (Phi) is 6.01. The van der Waals surface area contributed by atoms with Crippen LogP contribution in [0.15, 0.2) is 48.5 Å². The number of nitrogens with one attached hydrogen (secondary N) is 1. The molecule has 1 amide bonds. The van der Waals surface area contributed by atoms with Crippen molar-refractivity contribution in [1.29, 1.82) is 0 Å². The lowest BCUT2D eigenvalue weighted by Gasteiger charge is -2.10. The van der Waals surface area contributed by atoms with E-state index >= 15 is 0 Å². The number of hydrogen-bond acceptors (Lipinski definition) is 3. The summed E-state index contributed by atoms with van der Waals surface area (Å²) in [5, 5.41) is 2.81. The third kappa shape index (κ3) is 4.62.